The first-order valence-electron chi connectivity index (χ1n) is 9.10. The molecule has 146 valence electrons. The van der Waals surface area contributed by atoms with Crippen LogP contribution < -0.4 is 5.32 Å². The molecule has 2 atom stereocenters. The standard InChI is InChI=1S/C23H18BrNO3S/c24-18-12-6-4-10-16(18)20(21(26)27)23(29-14-15-8-2-1-3-9-15)17-11-5-7-13-19(17)25-22(23)28/h1-13,20H,14H2,(H,25,28)(H,26,27)/t20-,23-/m0/s1. The van der Waals surface area contributed by atoms with Gasteiger partial charge in [-0.3, -0.25) is 9.59 Å². The molecule has 4 rings (SSSR count). The number of hydrogen-bond donors (Lipinski definition) is 2. The van der Waals surface area contributed by atoms with E-state index in [0.717, 1.165) is 5.56 Å². The Balaban J connectivity index is 1.89. The number of fused-ring (bicyclic) bond motifs is 1. The highest BCUT2D eigenvalue weighted by Gasteiger charge is 2.56. The monoisotopic (exact) mass is 467 g/mol. The minimum atomic E-state index is -1.29. The lowest BCUT2D eigenvalue weighted by molar-refractivity contribution is -0.141. The zero-order valence-corrected chi connectivity index (χ0v) is 17.7. The van der Waals surface area contributed by atoms with Gasteiger partial charge < -0.3 is 10.4 Å². The van der Waals surface area contributed by atoms with Crippen molar-refractivity contribution in [2.75, 3.05) is 5.32 Å². The molecule has 0 saturated heterocycles. The molecular weight excluding hydrogens is 450 g/mol. The maximum Gasteiger partial charge on any atom is 0.313 e. The Morgan fingerprint density at radius 1 is 1.00 bits per heavy atom. The molecule has 3 aromatic carbocycles. The quantitative estimate of drug-likeness (QED) is 0.509. The number of thioether (sulfide) groups is 1. The highest BCUT2D eigenvalue weighted by molar-refractivity contribution is 9.10. The fourth-order valence-electron chi connectivity index (χ4n) is 3.77. The molecule has 1 aliphatic heterocycles. The molecule has 1 aliphatic rings. The first-order valence-corrected chi connectivity index (χ1v) is 10.9. The average Bonchev–Trinajstić information content (AvgIpc) is 3.01. The van der Waals surface area contributed by atoms with Gasteiger partial charge in [-0.2, -0.15) is 0 Å². The second-order valence-electron chi connectivity index (χ2n) is 6.80. The van der Waals surface area contributed by atoms with Crippen LogP contribution in [0.2, 0.25) is 0 Å². The molecule has 0 radical (unpaired) electrons. The fourth-order valence-corrected chi connectivity index (χ4v) is 5.78. The van der Waals surface area contributed by atoms with Crippen molar-refractivity contribution >= 4 is 45.3 Å². The van der Waals surface area contributed by atoms with Gasteiger partial charge in [0.25, 0.3) is 0 Å². The lowest BCUT2D eigenvalue weighted by Crippen LogP contribution is -2.41. The topological polar surface area (TPSA) is 66.4 Å². The molecule has 0 aromatic heterocycles. The van der Waals surface area contributed by atoms with E-state index in [2.05, 4.69) is 21.2 Å². The molecule has 1 amide bonds. The fraction of sp³-hybridized carbons (Fsp3) is 0.130. The van der Waals surface area contributed by atoms with Gasteiger partial charge in [0.2, 0.25) is 5.91 Å². The summed E-state index contributed by atoms with van der Waals surface area (Å²) in [5.41, 5.74) is 2.98. The summed E-state index contributed by atoms with van der Waals surface area (Å²) < 4.78 is -0.619. The summed E-state index contributed by atoms with van der Waals surface area (Å²) in [6.07, 6.45) is 0. The molecule has 29 heavy (non-hydrogen) atoms. The van der Waals surface area contributed by atoms with Crippen LogP contribution in [0.4, 0.5) is 5.69 Å². The van der Waals surface area contributed by atoms with Crippen molar-refractivity contribution in [1.29, 1.82) is 0 Å². The third kappa shape index (κ3) is 3.47. The molecule has 2 N–H and O–H groups in total. The number of carboxylic acids is 1. The van der Waals surface area contributed by atoms with E-state index >= 15 is 0 Å². The first-order chi connectivity index (χ1) is 14.0. The molecule has 0 unspecified atom stereocenters. The summed E-state index contributed by atoms with van der Waals surface area (Å²) >= 11 is 4.85. The number of carbonyl (C=O) groups excluding carboxylic acids is 1. The molecule has 0 spiro atoms. The van der Waals surface area contributed by atoms with E-state index in [1.807, 2.05) is 60.7 Å². The Hall–Kier alpha value is -2.57. The second kappa shape index (κ2) is 8.05. The summed E-state index contributed by atoms with van der Waals surface area (Å²) in [7, 11) is 0. The first kappa shape index (κ1) is 19.7. The third-order valence-electron chi connectivity index (χ3n) is 5.09. The van der Waals surface area contributed by atoms with Gasteiger partial charge in [-0.1, -0.05) is 82.7 Å². The predicted molar refractivity (Wildman–Crippen MR) is 119 cm³/mol. The van der Waals surface area contributed by atoms with Crippen molar-refractivity contribution in [2.24, 2.45) is 0 Å². The summed E-state index contributed by atoms with van der Waals surface area (Å²) in [6, 6.07) is 24.3. The number of rotatable bonds is 6. The lowest BCUT2D eigenvalue weighted by Gasteiger charge is -2.33. The number of anilines is 1. The van der Waals surface area contributed by atoms with E-state index in [9.17, 15) is 14.7 Å². The van der Waals surface area contributed by atoms with E-state index in [1.54, 1.807) is 18.2 Å². The summed E-state index contributed by atoms with van der Waals surface area (Å²) in [5, 5.41) is 13.2. The van der Waals surface area contributed by atoms with Crippen molar-refractivity contribution in [3.05, 3.63) is 100 Å². The van der Waals surface area contributed by atoms with E-state index in [-0.39, 0.29) is 5.91 Å². The summed E-state index contributed by atoms with van der Waals surface area (Å²) in [4.78, 5) is 26.0. The van der Waals surface area contributed by atoms with Gasteiger partial charge >= 0.3 is 5.97 Å². The smallest absolute Gasteiger partial charge is 0.313 e. The Labute approximate surface area is 181 Å². The van der Waals surface area contributed by atoms with Gasteiger partial charge in [0.15, 0.2) is 0 Å². The number of amides is 1. The molecule has 0 aliphatic carbocycles. The van der Waals surface area contributed by atoms with Crippen LogP contribution in [0.1, 0.15) is 22.6 Å². The van der Waals surface area contributed by atoms with Crippen LogP contribution in [-0.4, -0.2) is 17.0 Å². The van der Waals surface area contributed by atoms with Crippen LogP contribution in [0.15, 0.2) is 83.3 Å². The molecule has 4 nitrogen and oxygen atoms in total. The van der Waals surface area contributed by atoms with Gasteiger partial charge in [-0.25, -0.2) is 0 Å². The number of aliphatic carboxylic acids is 1. The van der Waals surface area contributed by atoms with Crippen molar-refractivity contribution < 1.29 is 14.7 Å². The number of carbonyl (C=O) groups is 2. The van der Waals surface area contributed by atoms with Crippen molar-refractivity contribution in [2.45, 2.75) is 16.4 Å². The van der Waals surface area contributed by atoms with E-state index in [1.165, 1.54) is 11.8 Å². The SMILES string of the molecule is O=C(O)[C@H](c1ccccc1Br)[C@]1(SCc2ccccc2)C(=O)Nc2ccccc21. The minimum Gasteiger partial charge on any atom is -0.481 e. The summed E-state index contributed by atoms with van der Waals surface area (Å²) in [6.45, 7) is 0. The van der Waals surface area contributed by atoms with Crippen LogP contribution in [-0.2, 0) is 20.1 Å². The van der Waals surface area contributed by atoms with E-state index in [0.29, 0.717) is 27.0 Å². The lowest BCUT2D eigenvalue weighted by atomic mass is 9.81. The molecule has 6 heteroatoms. The van der Waals surface area contributed by atoms with Crippen molar-refractivity contribution in [3.8, 4) is 0 Å². The van der Waals surface area contributed by atoms with E-state index < -0.39 is 16.6 Å². The van der Waals surface area contributed by atoms with Gasteiger partial charge in [0.05, 0.1) is 0 Å². The molecule has 1 heterocycles. The third-order valence-corrected chi connectivity index (χ3v) is 7.39. The van der Waals surface area contributed by atoms with Crippen molar-refractivity contribution in [1.82, 2.24) is 0 Å². The number of halogens is 1. The molecule has 3 aromatic rings. The Kier molecular flexibility index (Phi) is 5.48. The van der Waals surface area contributed by atoms with Gasteiger partial charge in [-0.15, -0.1) is 11.8 Å². The number of hydrogen-bond acceptors (Lipinski definition) is 3. The number of benzene rings is 3. The number of carboxylic acid groups (broad SMARTS) is 1. The largest absolute Gasteiger partial charge is 0.481 e. The zero-order valence-electron chi connectivity index (χ0n) is 15.3. The Morgan fingerprint density at radius 2 is 1.66 bits per heavy atom. The van der Waals surface area contributed by atoms with E-state index in [4.69, 9.17) is 0 Å². The Morgan fingerprint density at radius 3 is 2.38 bits per heavy atom. The van der Waals surface area contributed by atoms with Crippen LogP contribution in [0, 0.1) is 0 Å². The molecule has 0 bridgehead atoms. The maximum absolute atomic E-state index is 13.4. The van der Waals surface area contributed by atoms with Crippen molar-refractivity contribution in [3.63, 3.8) is 0 Å². The number of para-hydroxylation sites is 1. The Bertz CT molecular complexity index is 1070. The second-order valence-corrected chi connectivity index (χ2v) is 8.88. The number of nitrogens with one attached hydrogen (secondary N) is 1. The normalized spacial score (nSPS) is 18.7. The van der Waals surface area contributed by atoms with Crippen LogP contribution >= 0.6 is 27.7 Å². The van der Waals surface area contributed by atoms with Crippen LogP contribution in [0.3, 0.4) is 0 Å². The highest BCUT2D eigenvalue weighted by Crippen LogP contribution is 2.56. The van der Waals surface area contributed by atoms with Gasteiger partial charge in [0.1, 0.15) is 10.7 Å². The summed E-state index contributed by atoms with van der Waals surface area (Å²) in [5.74, 6) is -1.89. The van der Waals surface area contributed by atoms with Crippen LogP contribution in [0.5, 0.6) is 0 Å². The van der Waals surface area contributed by atoms with Gasteiger partial charge in [0, 0.05) is 21.5 Å². The minimum absolute atomic E-state index is 0.303. The van der Waals surface area contributed by atoms with Crippen LogP contribution in [0.25, 0.3) is 0 Å². The molecular formula is C23H18BrNO3S. The zero-order chi connectivity index (χ0) is 20.4. The highest BCUT2D eigenvalue weighted by atomic mass is 79.9. The van der Waals surface area contributed by atoms with Gasteiger partial charge in [-0.05, 0) is 23.3 Å². The molecule has 0 fully saturated rings. The average molecular weight is 468 g/mol. The predicted octanol–water partition coefficient (Wildman–Crippen LogP) is 5.40. The maximum atomic E-state index is 13.4. The molecule has 0 saturated carbocycles.